The van der Waals surface area contributed by atoms with E-state index in [1.807, 2.05) is 29.2 Å². The highest BCUT2D eigenvalue weighted by atomic mass is 35.5. The van der Waals surface area contributed by atoms with Gasteiger partial charge in [0.25, 0.3) is 0 Å². The molecule has 0 bridgehead atoms. The van der Waals surface area contributed by atoms with Gasteiger partial charge in [-0.3, -0.25) is 4.79 Å². The third kappa shape index (κ3) is 3.45. The molecule has 1 aromatic carbocycles. The van der Waals surface area contributed by atoms with E-state index in [-0.39, 0.29) is 17.9 Å². The van der Waals surface area contributed by atoms with Crippen LogP contribution < -0.4 is 5.32 Å². The van der Waals surface area contributed by atoms with Crippen molar-refractivity contribution < 1.29 is 9.90 Å². The SMILES string of the molecule is O=C([C@@H]1CCCN1)N1CCC(C(O)c2ccc(Cl)cc2)CC1. The number of amides is 1. The van der Waals surface area contributed by atoms with Crippen LogP contribution >= 0.6 is 11.6 Å². The first-order chi connectivity index (χ1) is 10.6. The molecule has 0 spiro atoms. The Morgan fingerprint density at radius 3 is 2.50 bits per heavy atom. The van der Waals surface area contributed by atoms with E-state index in [1.165, 1.54) is 0 Å². The third-order valence-corrected chi connectivity index (χ3v) is 5.12. The first-order valence-corrected chi connectivity index (χ1v) is 8.48. The van der Waals surface area contributed by atoms with Crippen LogP contribution in [0, 0.1) is 5.92 Å². The van der Waals surface area contributed by atoms with Crippen LogP contribution in [-0.4, -0.2) is 41.6 Å². The molecule has 2 saturated heterocycles. The van der Waals surface area contributed by atoms with Crippen LogP contribution in [0.1, 0.15) is 37.4 Å². The van der Waals surface area contributed by atoms with Gasteiger partial charge >= 0.3 is 0 Å². The summed E-state index contributed by atoms with van der Waals surface area (Å²) in [6.45, 7) is 2.43. The number of piperidine rings is 1. The molecule has 0 aliphatic carbocycles. The highest BCUT2D eigenvalue weighted by molar-refractivity contribution is 6.30. The monoisotopic (exact) mass is 322 g/mol. The van der Waals surface area contributed by atoms with Crippen molar-refractivity contribution in [1.82, 2.24) is 10.2 Å². The maximum absolute atomic E-state index is 12.4. The predicted octanol–water partition coefficient (Wildman–Crippen LogP) is 2.36. The number of hydrogen-bond acceptors (Lipinski definition) is 3. The topological polar surface area (TPSA) is 52.6 Å². The van der Waals surface area contributed by atoms with Gasteiger partial charge in [-0.05, 0) is 55.8 Å². The van der Waals surface area contributed by atoms with Crippen molar-refractivity contribution in [3.63, 3.8) is 0 Å². The van der Waals surface area contributed by atoms with Gasteiger partial charge in [0.1, 0.15) is 0 Å². The molecule has 2 aliphatic heterocycles. The van der Waals surface area contributed by atoms with Crippen LogP contribution in [-0.2, 0) is 4.79 Å². The van der Waals surface area contributed by atoms with E-state index < -0.39 is 6.10 Å². The summed E-state index contributed by atoms with van der Waals surface area (Å²) in [5, 5.41) is 14.5. The van der Waals surface area contributed by atoms with Crippen molar-refractivity contribution in [3.8, 4) is 0 Å². The summed E-state index contributed by atoms with van der Waals surface area (Å²) >= 11 is 5.89. The molecule has 0 saturated carbocycles. The van der Waals surface area contributed by atoms with E-state index in [9.17, 15) is 9.90 Å². The first kappa shape index (κ1) is 15.8. The molecule has 5 heteroatoms. The highest BCUT2D eigenvalue weighted by Gasteiger charge is 2.32. The van der Waals surface area contributed by atoms with Crippen LogP contribution in [0.5, 0.6) is 0 Å². The van der Waals surface area contributed by atoms with E-state index in [1.54, 1.807) is 0 Å². The second-order valence-corrected chi connectivity index (χ2v) is 6.74. The number of halogens is 1. The van der Waals surface area contributed by atoms with Gasteiger partial charge in [0.2, 0.25) is 5.91 Å². The van der Waals surface area contributed by atoms with Crippen LogP contribution in [0.25, 0.3) is 0 Å². The third-order valence-electron chi connectivity index (χ3n) is 4.87. The Morgan fingerprint density at radius 2 is 1.91 bits per heavy atom. The molecule has 2 heterocycles. The summed E-state index contributed by atoms with van der Waals surface area (Å²) in [6, 6.07) is 7.40. The molecule has 2 aliphatic rings. The lowest BCUT2D eigenvalue weighted by molar-refractivity contribution is -0.135. The van der Waals surface area contributed by atoms with Gasteiger partial charge in [-0.25, -0.2) is 0 Å². The Balaban J connectivity index is 1.54. The van der Waals surface area contributed by atoms with Crippen molar-refractivity contribution in [3.05, 3.63) is 34.9 Å². The zero-order valence-corrected chi connectivity index (χ0v) is 13.4. The van der Waals surface area contributed by atoms with Crippen LogP contribution in [0.3, 0.4) is 0 Å². The average Bonchev–Trinajstić information content (AvgIpc) is 3.09. The molecule has 1 aromatic rings. The molecule has 1 unspecified atom stereocenters. The number of nitrogens with one attached hydrogen (secondary N) is 1. The molecule has 22 heavy (non-hydrogen) atoms. The minimum Gasteiger partial charge on any atom is -0.388 e. The Labute approximate surface area is 136 Å². The molecule has 4 nitrogen and oxygen atoms in total. The van der Waals surface area contributed by atoms with E-state index >= 15 is 0 Å². The van der Waals surface area contributed by atoms with Crippen molar-refractivity contribution in [1.29, 1.82) is 0 Å². The fraction of sp³-hybridized carbons (Fsp3) is 0.588. The number of carbonyl (C=O) groups is 1. The Kier molecular flexibility index (Phi) is 5.01. The van der Waals surface area contributed by atoms with Gasteiger partial charge in [-0.2, -0.15) is 0 Å². The fourth-order valence-electron chi connectivity index (χ4n) is 3.48. The Morgan fingerprint density at radius 1 is 1.23 bits per heavy atom. The highest BCUT2D eigenvalue weighted by Crippen LogP contribution is 2.31. The predicted molar refractivity (Wildman–Crippen MR) is 86.7 cm³/mol. The number of benzene rings is 1. The molecular formula is C17H23ClN2O2. The molecule has 0 aromatic heterocycles. The maximum Gasteiger partial charge on any atom is 0.239 e. The molecule has 0 radical (unpaired) electrons. The zero-order valence-electron chi connectivity index (χ0n) is 12.7. The second-order valence-electron chi connectivity index (χ2n) is 6.31. The summed E-state index contributed by atoms with van der Waals surface area (Å²) < 4.78 is 0. The van der Waals surface area contributed by atoms with Crippen molar-refractivity contribution in [2.75, 3.05) is 19.6 Å². The summed E-state index contributed by atoms with van der Waals surface area (Å²) in [7, 11) is 0. The minimum absolute atomic E-state index is 0.0118. The van der Waals surface area contributed by atoms with Crippen molar-refractivity contribution in [2.45, 2.75) is 37.8 Å². The Hall–Kier alpha value is -1.10. The average molecular weight is 323 g/mol. The van der Waals surface area contributed by atoms with E-state index in [4.69, 9.17) is 11.6 Å². The molecular weight excluding hydrogens is 300 g/mol. The molecule has 2 fully saturated rings. The van der Waals surface area contributed by atoms with Gasteiger partial charge in [0.05, 0.1) is 12.1 Å². The van der Waals surface area contributed by atoms with Crippen LogP contribution in [0.2, 0.25) is 5.02 Å². The van der Waals surface area contributed by atoms with E-state index in [0.717, 1.165) is 50.9 Å². The number of aliphatic hydroxyl groups excluding tert-OH is 1. The summed E-state index contributed by atoms with van der Waals surface area (Å²) in [5.74, 6) is 0.443. The lowest BCUT2D eigenvalue weighted by atomic mass is 9.87. The maximum atomic E-state index is 12.4. The standard InChI is InChI=1S/C17H23ClN2O2/c18-14-5-3-12(4-6-14)16(21)13-7-10-20(11-8-13)17(22)15-2-1-9-19-15/h3-6,13,15-16,19,21H,1-2,7-11H2/t15-,16?/m0/s1. The normalized spacial score (nSPS) is 24.5. The largest absolute Gasteiger partial charge is 0.388 e. The summed E-state index contributed by atoms with van der Waals surface area (Å²) in [5.41, 5.74) is 0.909. The molecule has 3 rings (SSSR count). The van der Waals surface area contributed by atoms with Crippen molar-refractivity contribution in [2.24, 2.45) is 5.92 Å². The fourth-order valence-corrected chi connectivity index (χ4v) is 3.61. The summed E-state index contributed by atoms with van der Waals surface area (Å²) in [6.07, 6.45) is 3.26. The van der Waals surface area contributed by atoms with Crippen molar-refractivity contribution >= 4 is 17.5 Å². The number of likely N-dealkylation sites (tertiary alicyclic amines) is 1. The van der Waals surface area contributed by atoms with Gasteiger partial charge in [0, 0.05) is 18.1 Å². The second kappa shape index (κ2) is 6.99. The minimum atomic E-state index is -0.473. The number of hydrogen-bond donors (Lipinski definition) is 2. The smallest absolute Gasteiger partial charge is 0.239 e. The van der Waals surface area contributed by atoms with E-state index in [2.05, 4.69) is 5.32 Å². The lowest BCUT2D eigenvalue weighted by Crippen LogP contribution is -2.47. The Bertz CT molecular complexity index is 506. The molecule has 2 atom stereocenters. The molecule has 1 amide bonds. The first-order valence-electron chi connectivity index (χ1n) is 8.11. The van der Waals surface area contributed by atoms with Crippen LogP contribution in [0.15, 0.2) is 24.3 Å². The number of carbonyl (C=O) groups excluding carboxylic acids is 1. The zero-order chi connectivity index (χ0) is 15.5. The van der Waals surface area contributed by atoms with Gasteiger partial charge in [-0.15, -0.1) is 0 Å². The molecule has 2 N–H and O–H groups in total. The van der Waals surface area contributed by atoms with Gasteiger partial charge in [-0.1, -0.05) is 23.7 Å². The quantitative estimate of drug-likeness (QED) is 0.898. The van der Waals surface area contributed by atoms with E-state index in [0.29, 0.717) is 5.02 Å². The number of nitrogens with zero attached hydrogens (tertiary/aromatic N) is 1. The van der Waals surface area contributed by atoms with Gasteiger partial charge < -0.3 is 15.3 Å². The van der Waals surface area contributed by atoms with Crippen LogP contribution in [0.4, 0.5) is 0 Å². The number of aliphatic hydroxyl groups is 1. The van der Waals surface area contributed by atoms with Gasteiger partial charge in [0.15, 0.2) is 0 Å². The number of rotatable bonds is 3. The molecule has 120 valence electrons. The summed E-state index contributed by atoms with van der Waals surface area (Å²) in [4.78, 5) is 14.3. The lowest BCUT2D eigenvalue weighted by Gasteiger charge is -2.35.